The van der Waals surface area contributed by atoms with E-state index in [0.717, 1.165) is 11.5 Å². The molecular formula is C14H25N3O2S2. The highest BCUT2D eigenvalue weighted by Crippen LogP contribution is 2.40. The average molecular weight is 332 g/mol. The van der Waals surface area contributed by atoms with Gasteiger partial charge in [-0.3, -0.25) is 0 Å². The van der Waals surface area contributed by atoms with Crippen molar-refractivity contribution >= 4 is 32.2 Å². The molecule has 0 radical (unpaired) electrons. The molecule has 0 saturated carbocycles. The van der Waals surface area contributed by atoms with Crippen LogP contribution in [-0.4, -0.2) is 31.1 Å². The van der Waals surface area contributed by atoms with Gasteiger partial charge in [0.05, 0.1) is 5.75 Å². The molecule has 5 nitrogen and oxygen atoms in total. The van der Waals surface area contributed by atoms with E-state index in [0.29, 0.717) is 24.3 Å². The number of nitrogens with zero attached hydrogens (tertiary/aromatic N) is 2. The predicted octanol–water partition coefficient (Wildman–Crippen LogP) is 2.78. The predicted molar refractivity (Wildman–Crippen MR) is 88.6 cm³/mol. The van der Waals surface area contributed by atoms with Crippen molar-refractivity contribution in [3.05, 3.63) is 0 Å². The molecule has 1 aromatic heterocycles. The van der Waals surface area contributed by atoms with Gasteiger partial charge in [-0.15, -0.1) is 0 Å². The fourth-order valence-corrected chi connectivity index (χ4v) is 5.96. The summed E-state index contributed by atoms with van der Waals surface area (Å²) >= 11 is 1.22. The first-order chi connectivity index (χ1) is 9.77. The zero-order chi connectivity index (χ0) is 15.8. The molecular weight excluding hydrogens is 306 g/mol. The number of hydrogen-bond donors (Lipinski definition) is 1. The smallest absolute Gasteiger partial charge is 0.185 e. The fourth-order valence-electron chi connectivity index (χ4n) is 3.11. The van der Waals surface area contributed by atoms with Crippen LogP contribution in [0.15, 0.2) is 4.90 Å². The number of aromatic nitrogens is 1. The van der Waals surface area contributed by atoms with E-state index in [4.69, 9.17) is 5.73 Å². The Bertz CT molecular complexity index is 597. The van der Waals surface area contributed by atoms with E-state index in [-0.39, 0.29) is 16.5 Å². The van der Waals surface area contributed by atoms with Crippen molar-refractivity contribution in [2.75, 3.05) is 22.9 Å². The zero-order valence-corrected chi connectivity index (χ0v) is 14.8. The van der Waals surface area contributed by atoms with Crippen LogP contribution < -0.4 is 10.6 Å². The zero-order valence-electron chi connectivity index (χ0n) is 13.2. The van der Waals surface area contributed by atoms with Gasteiger partial charge in [-0.1, -0.05) is 20.8 Å². The van der Waals surface area contributed by atoms with Gasteiger partial charge in [0.25, 0.3) is 0 Å². The summed E-state index contributed by atoms with van der Waals surface area (Å²) in [5.41, 5.74) is 5.87. The number of piperidine rings is 1. The Balaban J connectivity index is 2.46. The van der Waals surface area contributed by atoms with Crippen LogP contribution in [0.3, 0.4) is 0 Å². The summed E-state index contributed by atoms with van der Waals surface area (Å²) in [4.78, 5) is 2.44. The molecule has 7 heteroatoms. The SMILES string of the molecule is CCCS(=O)(=O)c1c(N)nsc1N1CC(C)CC(C)C1C. The Morgan fingerprint density at radius 2 is 2.05 bits per heavy atom. The Kier molecular flexibility index (Phi) is 4.82. The van der Waals surface area contributed by atoms with Crippen LogP contribution in [0.25, 0.3) is 0 Å². The van der Waals surface area contributed by atoms with E-state index in [1.54, 1.807) is 0 Å². The molecule has 1 aliphatic rings. The molecule has 2 heterocycles. The van der Waals surface area contributed by atoms with E-state index in [1.807, 2.05) is 6.92 Å². The van der Waals surface area contributed by atoms with E-state index >= 15 is 0 Å². The summed E-state index contributed by atoms with van der Waals surface area (Å²) in [6, 6.07) is 0.302. The minimum absolute atomic E-state index is 0.121. The highest BCUT2D eigenvalue weighted by molar-refractivity contribution is 7.91. The van der Waals surface area contributed by atoms with Crippen LogP contribution in [-0.2, 0) is 9.84 Å². The van der Waals surface area contributed by atoms with Crippen molar-refractivity contribution in [1.29, 1.82) is 0 Å². The van der Waals surface area contributed by atoms with Crippen molar-refractivity contribution in [2.24, 2.45) is 11.8 Å². The molecule has 1 aliphatic heterocycles. The van der Waals surface area contributed by atoms with E-state index in [1.165, 1.54) is 18.0 Å². The topological polar surface area (TPSA) is 76.3 Å². The van der Waals surface area contributed by atoms with Gasteiger partial charge in [-0.05, 0) is 43.1 Å². The van der Waals surface area contributed by atoms with Crippen LogP contribution in [0, 0.1) is 11.8 Å². The molecule has 2 rings (SSSR count). The third kappa shape index (κ3) is 3.18. The number of hydrogen-bond acceptors (Lipinski definition) is 6. The maximum atomic E-state index is 12.5. The molecule has 3 atom stereocenters. The van der Waals surface area contributed by atoms with E-state index < -0.39 is 9.84 Å². The molecule has 2 N–H and O–H groups in total. The second kappa shape index (κ2) is 6.12. The number of nitrogens with two attached hydrogens (primary N) is 1. The fraction of sp³-hybridized carbons (Fsp3) is 0.786. The van der Waals surface area contributed by atoms with Crippen LogP contribution >= 0.6 is 11.5 Å². The van der Waals surface area contributed by atoms with Crippen LogP contribution in [0.2, 0.25) is 0 Å². The van der Waals surface area contributed by atoms with Gasteiger partial charge in [-0.2, -0.15) is 4.37 Å². The molecule has 3 unspecified atom stereocenters. The molecule has 1 aromatic rings. The lowest BCUT2D eigenvalue weighted by atomic mass is 9.86. The molecule has 1 saturated heterocycles. The summed E-state index contributed by atoms with van der Waals surface area (Å²) in [5.74, 6) is 1.34. The third-order valence-electron chi connectivity index (χ3n) is 4.30. The molecule has 0 aliphatic carbocycles. The monoisotopic (exact) mass is 331 g/mol. The lowest BCUT2D eigenvalue weighted by Gasteiger charge is -2.42. The first-order valence-corrected chi connectivity index (χ1v) is 9.95. The van der Waals surface area contributed by atoms with Gasteiger partial charge in [-0.25, -0.2) is 8.42 Å². The molecule has 21 heavy (non-hydrogen) atoms. The first kappa shape index (κ1) is 16.5. The van der Waals surface area contributed by atoms with Crippen molar-refractivity contribution in [2.45, 2.75) is 51.5 Å². The molecule has 120 valence electrons. The van der Waals surface area contributed by atoms with Gasteiger partial charge >= 0.3 is 0 Å². The van der Waals surface area contributed by atoms with Crippen molar-refractivity contribution in [1.82, 2.24) is 4.37 Å². The summed E-state index contributed by atoms with van der Waals surface area (Å²) in [7, 11) is -3.35. The lowest BCUT2D eigenvalue weighted by Crippen LogP contribution is -2.46. The highest BCUT2D eigenvalue weighted by atomic mass is 32.2. The first-order valence-electron chi connectivity index (χ1n) is 7.52. The molecule has 0 aromatic carbocycles. The maximum Gasteiger partial charge on any atom is 0.185 e. The Morgan fingerprint density at radius 3 is 2.67 bits per heavy atom. The van der Waals surface area contributed by atoms with Gasteiger partial charge in [0.1, 0.15) is 9.90 Å². The van der Waals surface area contributed by atoms with Gasteiger partial charge in [0.15, 0.2) is 15.7 Å². The molecule has 0 bridgehead atoms. The minimum atomic E-state index is -3.35. The quantitative estimate of drug-likeness (QED) is 0.918. The third-order valence-corrected chi connectivity index (χ3v) is 7.30. The van der Waals surface area contributed by atoms with Gasteiger partial charge in [0, 0.05) is 12.6 Å². The van der Waals surface area contributed by atoms with Crippen molar-refractivity contribution in [3.63, 3.8) is 0 Å². The van der Waals surface area contributed by atoms with Crippen molar-refractivity contribution < 1.29 is 8.42 Å². The number of anilines is 2. The Hall–Kier alpha value is -0.820. The van der Waals surface area contributed by atoms with Gasteiger partial charge < -0.3 is 10.6 Å². The van der Waals surface area contributed by atoms with E-state index in [9.17, 15) is 8.42 Å². The average Bonchev–Trinajstić information content (AvgIpc) is 2.76. The molecule has 0 spiro atoms. The second-order valence-electron chi connectivity index (χ2n) is 6.23. The number of nitrogen functional groups attached to an aromatic ring is 1. The molecule has 1 fully saturated rings. The van der Waals surface area contributed by atoms with E-state index in [2.05, 4.69) is 30.0 Å². The van der Waals surface area contributed by atoms with Crippen LogP contribution in [0.1, 0.15) is 40.5 Å². The minimum Gasteiger partial charge on any atom is -0.382 e. The standard InChI is InChI=1S/C14H25N3O2S2/c1-5-6-21(18,19)12-13(15)16-20-14(12)17-8-9(2)7-10(3)11(17)4/h9-11H,5-8H2,1-4H3,(H2,15,16). The Labute approximate surface area is 131 Å². The summed E-state index contributed by atoms with van der Waals surface area (Å²) < 4.78 is 29.1. The maximum absolute atomic E-state index is 12.5. The largest absolute Gasteiger partial charge is 0.382 e. The lowest BCUT2D eigenvalue weighted by molar-refractivity contribution is 0.297. The molecule has 0 amide bonds. The second-order valence-corrected chi connectivity index (χ2v) is 9.03. The number of sulfone groups is 1. The normalized spacial score (nSPS) is 27.0. The van der Waals surface area contributed by atoms with Gasteiger partial charge in [0.2, 0.25) is 0 Å². The van der Waals surface area contributed by atoms with Crippen LogP contribution in [0.5, 0.6) is 0 Å². The Morgan fingerprint density at radius 1 is 1.38 bits per heavy atom. The van der Waals surface area contributed by atoms with Crippen LogP contribution in [0.4, 0.5) is 10.8 Å². The summed E-state index contributed by atoms with van der Waals surface area (Å²) in [6.45, 7) is 9.31. The number of rotatable bonds is 4. The summed E-state index contributed by atoms with van der Waals surface area (Å²) in [6.07, 6.45) is 1.75. The van der Waals surface area contributed by atoms with Crippen molar-refractivity contribution in [3.8, 4) is 0 Å². The summed E-state index contributed by atoms with van der Waals surface area (Å²) in [5, 5.41) is 0.729. The highest BCUT2D eigenvalue weighted by Gasteiger charge is 2.35.